The van der Waals surface area contributed by atoms with Crippen molar-refractivity contribution in [1.29, 1.82) is 0 Å². The maximum atomic E-state index is 13.1. The van der Waals surface area contributed by atoms with Crippen LogP contribution in [0.15, 0.2) is 30.3 Å². The summed E-state index contributed by atoms with van der Waals surface area (Å²) in [6.07, 6.45) is 5.45. The molecule has 4 rings (SSSR count). The molecule has 156 valence electrons. The van der Waals surface area contributed by atoms with Gasteiger partial charge in [0.25, 0.3) is 5.91 Å². The molecule has 1 aliphatic carbocycles. The summed E-state index contributed by atoms with van der Waals surface area (Å²) in [4.78, 5) is 17.8. The summed E-state index contributed by atoms with van der Waals surface area (Å²) in [7, 11) is -3.33. The van der Waals surface area contributed by atoms with Gasteiger partial charge in [-0.3, -0.25) is 4.79 Å². The highest BCUT2D eigenvalue weighted by Crippen LogP contribution is 2.28. The number of sulfonamides is 1. The van der Waals surface area contributed by atoms with Crippen LogP contribution >= 0.6 is 0 Å². The maximum absolute atomic E-state index is 13.1. The number of fused-ring (bicyclic) bond motifs is 1. The Morgan fingerprint density at radius 3 is 2.55 bits per heavy atom. The van der Waals surface area contributed by atoms with E-state index in [9.17, 15) is 13.2 Å². The number of rotatable bonds is 5. The van der Waals surface area contributed by atoms with Gasteiger partial charge in [0.15, 0.2) is 5.69 Å². The number of aromatic nitrogens is 2. The molecule has 7 nitrogen and oxygen atoms in total. The second kappa shape index (κ2) is 8.28. The van der Waals surface area contributed by atoms with Gasteiger partial charge in [-0.2, -0.15) is 4.31 Å². The van der Waals surface area contributed by atoms with Gasteiger partial charge in [0.05, 0.1) is 18.0 Å². The Hall–Kier alpha value is -2.19. The van der Waals surface area contributed by atoms with Crippen LogP contribution < -0.4 is 5.32 Å². The molecule has 2 aromatic rings. The molecule has 0 atom stereocenters. The lowest BCUT2D eigenvalue weighted by Crippen LogP contribution is -2.41. The Bertz CT molecular complexity index is 979. The third kappa shape index (κ3) is 4.09. The molecule has 0 radical (unpaired) electrons. The fourth-order valence-electron chi connectivity index (χ4n) is 4.26. The highest BCUT2D eigenvalue weighted by molar-refractivity contribution is 7.89. The van der Waals surface area contributed by atoms with Gasteiger partial charge in [-0.15, -0.1) is 0 Å². The SMILES string of the molecule is CCS(=O)(=O)N1CCn2c(-c3ccccc3)nc(C(=O)NC3CCCCC3)c2C1. The summed E-state index contributed by atoms with van der Waals surface area (Å²) in [6.45, 7) is 2.71. The normalized spacial score (nSPS) is 18.4. The number of imidazole rings is 1. The predicted octanol–water partition coefficient (Wildman–Crippen LogP) is 2.78. The lowest BCUT2D eigenvalue weighted by molar-refractivity contribution is 0.0920. The van der Waals surface area contributed by atoms with Gasteiger partial charge in [0, 0.05) is 24.7 Å². The number of carbonyl (C=O) groups is 1. The molecule has 0 saturated heterocycles. The van der Waals surface area contributed by atoms with E-state index in [4.69, 9.17) is 4.98 Å². The molecular weight excluding hydrogens is 388 g/mol. The van der Waals surface area contributed by atoms with Crippen molar-refractivity contribution in [3.05, 3.63) is 41.7 Å². The van der Waals surface area contributed by atoms with E-state index in [0.29, 0.717) is 24.5 Å². The van der Waals surface area contributed by atoms with Gasteiger partial charge in [0.2, 0.25) is 10.0 Å². The number of nitrogens with zero attached hydrogens (tertiary/aromatic N) is 3. The number of hydrogen-bond donors (Lipinski definition) is 1. The first kappa shape index (κ1) is 20.1. The van der Waals surface area contributed by atoms with E-state index in [-0.39, 0.29) is 24.2 Å². The van der Waals surface area contributed by atoms with Gasteiger partial charge in [0.1, 0.15) is 5.82 Å². The molecule has 1 aromatic carbocycles. The van der Waals surface area contributed by atoms with Crippen LogP contribution in [0.4, 0.5) is 0 Å². The molecule has 2 heterocycles. The van der Waals surface area contributed by atoms with Gasteiger partial charge in [-0.25, -0.2) is 13.4 Å². The molecule has 2 aliphatic rings. The summed E-state index contributed by atoms with van der Waals surface area (Å²) >= 11 is 0. The molecule has 1 saturated carbocycles. The first-order valence-electron chi connectivity index (χ1n) is 10.4. The number of hydrogen-bond acceptors (Lipinski definition) is 4. The maximum Gasteiger partial charge on any atom is 0.272 e. The van der Waals surface area contributed by atoms with Crippen LogP contribution in [0, 0.1) is 0 Å². The van der Waals surface area contributed by atoms with Gasteiger partial charge >= 0.3 is 0 Å². The Balaban J connectivity index is 1.70. The lowest BCUT2D eigenvalue weighted by atomic mass is 9.95. The molecule has 29 heavy (non-hydrogen) atoms. The number of nitrogens with one attached hydrogen (secondary N) is 1. The van der Waals surface area contributed by atoms with E-state index >= 15 is 0 Å². The third-order valence-corrected chi connectivity index (χ3v) is 7.75. The minimum atomic E-state index is -3.33. The first-order chi connectivity index (χ1) is 14.0. The average molecular weight is 417 g/mol. The van der Waals surface area contributed by atoms with E-state index in [2.05, 4.69) is 5.32 Å². The molecule has 1 fully saturated rings. The van der Waals surface area contributed by atoms with E-state index in [1.54, 1.807) is 6.92 Å². The highest BCUT2D eigenvalue weighted by atomic mass is 32.2. The minimum Gasteiger partial charge on any atom is -0.348 e. The predicted molar refractivity (Wildman–Crippen MR) is 112 cm³/mol. The van der Waals surface area contributed by atoms with Crippen LogP contribution in [0.25, 0.3) is 11.4 Å². The van der Waals surface area contributed by atoms with Gasteiger partial charge in [-0.05, 0) is 19.8 Å². The lowest BCUT2D eigenvalue weighted by Gasteiger charge is -2.28. The monoisotopic (exact) mass is 416 g/mol. The molecule has 1 N–H and O–H groups in total. The Labute approximate surface area is 172 Å². The molecule has 0 bridgehead atoms. The highest BCUT2D eigenvalue weighted by Gasteiger charge is 2.32. The van der Waals surface area contributed by atoms with Crippen molar-refractivity contribution >= 4 is 15.9 Å². The number of carbonyl (C=O) groups excluding carboxylic acids is 1. The number of benzene rings is 1. The minimum absolute atomic E-state index is 0.0519. The van der Waals surface area contributed by atoms with Crippen LogP contribution in [0.5, 0.6) is 0 Å². The molecule has 0 spiro atoms. The summed E-state index contributed by atoms with van der Waals surface area (Å²) in [6, 6.07) is 9.93. The summed E-state index contributed by atoms with van der Waals surface area (Å²) in [5.41, 5.74) is 1.96. The smallest absolute Gasteiger partial charge is 0.272 e. The fraction of sp³-hybridized carbons (Fsp3) is 0.524. The fourth-order valence-corrected chi connectivity index (χ4v) is 5.30. The van der Waals surface area contributed by atoms with E-state index < -0.39 is 10.0 Å². The standard InChI is InChI=1S/C21H28N4O3S/c1-2-29(27,28)24-13-14-25-18(15-24)19(21(26)22-17-11-7-4-8-12-17)23-20(25)16-9-5-3-6-10-16/h3,5-6,9-10,17H,2,4,7-8,11-15H2,1H3,(H,22,26). The van der Waals surface area contributed by atoms with Gasteiger partial charge < -0.3 is 9.88 Å². The summed E-state index contributed by atoms with van der Waals surface area (Å²) < 4.78 is 28.3. The van der Waals surface area contributed by atoms with Gasteiger partial charge in [-0.1, -0.05) is 49.6 Å². The van der Waals surface area contributed by atoms with E-state index in [1.165, 1.54) is 10.7 Å². The Morgan fingerprint density at radius 2 is 1.86 bits per heavy atom. The zero-order valence-corrected chi connectivity index (χ0v) is 17.6. The molecular formula is C21H28N4O3S. The van der Waals surface area contributed by atoms with Crippen molar-refractivity contribution in [3.63, 3.8) is 0 Å². The van der Waals surface area contributed by atoms with Crippen LogP contribution in [-0.4, -0.2) is 46.5 Å². The quantitative estimate of drug-likeness (QED) is 0.812. The van der Waals surface area contributed by atoms with Crippen molar-refractivity contribution in [2.75, 3.05) is 12.3 Å². The Kier molecular flexibility index (Phi) is 5.74. The van der Waals surface area contributed by atoms with E-state index in [1.807, 2.05) is 34.9 Å². The third-order valence-electron chi connectivity index (χ3n) is 5.92. The first-order valence-corrected chi connectivity index (χ1v) is 12.0. The van der Waals surface area contributed by atoms with Crippen LogP contribution in [-0.2, 0) is 23.1 Å². The van der Waals surface area contributed by atoms with Crippen LogP contribution in [0.1, 0.15) is 55.2 Å². The largest absolute Gasteiger partial charge is 0.348 e. The second-order valence-electron chi connectivity index (χ2n) is 7.79. The van der Waals surface area contributed by atoms with E-state index in [0.717, 1.165) is 37.1 Å². The molecule has 1 aliphatic heterocycles. The molecule has 8 heteroatoms. The van der Waals surface area contributed by atoms with Crippen molar-refractivity contribution in [1.82, 2.24) is 19.2 Å². The van der Waals surface area contributed by atoms with Crippen molar-refractivity contribution in [2.24, 2.45) is 0 Å². The van der Waals surface area contributed by atoms with Crippen LogP contribution in [0.2, 0.25) is 0 Å². The number of amides is 1. The topological polar surface area (TPSA) is 84.3 Å². The van der Waals surface area contributed by atoms with Crippen molar-refractivity contribution in [2.45, 2.75) is 58.2 Å². The summed E-state index contributed by atoms with van der Waals surface area (Å²) in [5.74, 6) is 0.581. The second-order valence-corrected chi connectivity index (χ2v) is 10.0. The van der Waals surface area contributed by atoms with Crippen molar-refractivity contribution < 1.29 is 13.2 Å². The van der Waals surface area contributed by atoms with Crippen molar-refractivity contribution in [3.8, 4) is 11.4 Å². The summed E-state index contributed by atoms with van der Waals surface area (Å²) in [5, 5.41) is 3.13. The molecule has 1 aromatic heterocycles. The molecule has 0 unspecified atom stereocenters. The molecule has 1 amide bonds. The Morgan fingerprint density at radius 1 is 1.14 bits per heavy atom. The van der Waals surface area contributed by atoms with Crippen LogP contribution in [0.3, 0.4) is 0 Å². The zero-order chi connectivity index (χ0) is 20.4. The average Bonchev–Trinajstić information content (AvgIpc) is 3.14. The zero-order valence-electron chi connectivity index (χ0n) is 16.8.